The molecule has 5 rings (SSSR count). The van der Waals surface area contributed by atoms with E-state index in [4.69, 9.17) is 4.74 Å². The zero-order valence-corrected chi connectivity index (χ0v) is 20.5. The number of carboxylic acids is 1. The van der Waals surface area contributed by atoms with Gasteiger partial charge in [-0.05, 0) is 92.2 Å². The van der Waals surface area contributed by atoms with Gasteiger partial charge in [0.25, 0.3) is 0 Å². The van der Waals surface area contributed by atoms with Crippen molar-refractivity contribution in [1.29, 1.82) is 0 Å². The van der Waals surface area contributed by atoms with Gasteiger partial charge in [0.1, 0.15) is 12.4 Å². The summed E-state index contributed by atoms with van der Waals surface area (Å²) in [5.74, 6) is 0.603. The summed E-state index contributed by atoms with van der Waals surface area (Å²) in [7, 11) is 0. The van der Waals surface area contributed by atoms with Crippen molar-refractivity contribution in [3.05, 3.63) is 41.5 Å². The van der Waals surface area contributed by atoms with Crippen LogP contribution in [-0.4, -0.2) is 34.2 Å². The average Bonchev–Trinajstić information content (AvgIpc) is 3.08. The molecule has 3 atom stereocenters. The summed E-state index contributed by atoms with van der Waals surface area (Å²) < 4.78 is 20.5. The Balaban J connectivity index is 1.40. The molecule has 1 N–H and O–H groups in total. The molecule has 3 fully saturated rings. The van der Waals surface area contributed by atoms with Crippen molar-refractivity contribution in [1.82, 2.24) is 4.90 Å². The van der Waals surface area contributed by atoms with Crippen LogP contribution in [-0.2, 0) is 11.5 Å². The highest BCUT2D eigenvalue weighted by molar-refractivity contribution is 5.88. The molecule has 2 aliphatic heterocycles. The van der Waals surface area contributed by atoms with Crippen molar-refractivity contribution in [2.45, 2.75) is 103 Å². The van der Waals surface area contributed by atoms with Crippen molar-refractivity contribution in [2.24, 2.45) is 11.8 Å². The van der Waals surface area contributed by atoms with Crippen LogP contribution in [0.25, 0.3) is 10.8 Å². The lowest BCUT2D eigenvalue weighted by Gasteiger charge is -2.42. The molecule has 34 heavy (non-hydrogen) atoms. The van der Waals surface area contributed by atoms with Gasteiger partial charge >= 0.3 is 5.97 Å². The van der Waals surface area contributed by atoms with E-state index in [2.05, 4.69) is 43.0 Å². The first kappa shape index (κ1) is 23.6. The standard InChI is InChI=1S/C29H38FNO3/c1-3-27(31-22-8-9-23(31)16-21(15-22)29(32)33)20-6-12-25-19(14-20)7-13-28(26(25)17-30)34-24-10-4-18(2)5-11-24/h6-7,12-14,18,21-24,27H,3-5,8-11,15-17H2,1-2H3,(H,32,33)/t18?,21?,22?,23?,24?,27-/m0/s1. The maximum atomic E-state index is 14.2. The van der Waals surface area contributed by atoms with Crippen LogP contribution < -0.4 is 4.74 Å². The largest absolute Gasteiger partial charge is 0.490 e. The number of ether oxygens (including phenoxy) is 1. The molecule has 1 aliphatic carbocycles. The lowest BCUT2D eigenvalue weighted by Crippen LogP contribution is -2.46. The van der Waals surface area contributed by atoms with Crippen LogP contribution in [0.3, 0.4) is 0 Å². The summed E-state index contributed by atoms with van der Waals surface area (Å²) in [5, 5.41) is 11.5. The second-order valence-corrected chi connectivity index (χ2v) is 10.9. The van der Waals surface area contributed by atoms with Gasteiger partial charge in [-0.15, -0.1) is 0 Å². The van der Waals surface area contributed by atoms with Gasteiger partial charge in [-0.1, -0.05) is 32.0 Å². The quantitative estimate of drug-likeness (QED) is 0.474. The van der Waals surface area contributed by atoms with Gasteiger partial charge < -0.3 is 9.84 Å². The van der Waals surface area contributed by atoms with E-state index in [1.165, 1.54) is 18.4 Å². The number of piperidine rings is 1. The van der Waals surface area contributed by atoms with Crippen LogP contribution in [0.1, 0.15) is 88.8 Å². The predicted octanol–water partition coefficient (Wildman–Crippen LogP) is 7.05. The molecule has 2 aromatic rings. The SMILES string of the molecule is CC[C@@H](c1ccc2c(CF)c(OC3CCC(C)CC3)ccc2c1)N1C2CCC1CC(C(=O)O)C2. The third-order valence-electron chi connectivity index (χ3n) is 8.77. The summed E-state index contributed by atoms with van der Waals surface area (Å²) in [6, 6.07) is 11.4. The van der Waals surface area contributed by atoms with E-state index >= 15 is 0 Å². The van der Waals surface area contributed by atoms with Crippen molar-refractivity contribution in [2.75, 3.05) is 0 Å². The van der Waals surface area contributed by atoms with E-state index in [0.717, 1.165) is 61.6 Å². The predicted molar refractivity (Wildman–Crippen MR) is 133 cm³/mol. The second-order valence-electron chi connectivity index (χ2n) is 10.9. The van der Waals surface area contributed by atoms with Gasteiger partial charge in [-0.2, -0.15) is 0 Å². The minimum Gasteiger partial charge on any atom is -0.490 e. The van der Waals surface area contributed by atoms with E-state index in [1.807, 2.05) is 6.07 Å². The van der Waals surface area contributed by atoms with Crippen LogP contribution in [0.4, 0.5) is 4.39 Å². The molecule has 1 saturated carbocycles. The molecule has 0 aromatic heterocycles. The summed E-state index contributed by atoms with van der Waals surface area (Å²) in [4.78, 5) is 14.2. The highest BCUT2D eigenvalue weighted by Gasteiger charge is 2.45. The van der Waals surface area contributed by atoms with Crippen LogP contribution in [0, 0.1) is 11.8 Å². The van der Waals surface area contributed by atoms with E-state index in [-0.39, 0.29) is 18.1 Å². The molecule has 4 nitrogen and oxygen atoms in total. The Labute approximate surface area is 202 Å². The third-order valence-corrected chi connectivity index (χ3v) is 8.77. The smallest absolute Gasteiger partial charge is 0.306 e. The van der Waals surface area contributed by atoms with E-state index in [1.54, 1.807) is 0 Å². The topological polar surface area (TPSA) is 49.8 Å². The Morgan fingerprint density at radius 1 is 1.09 bits per heavy atom. The molecule has 0 amide bonds. The Morgan fingerprint density at radius 3 is 2.41 bits per heavy atom. The van der Waals surface area contributed by atoms with E-state index in [9.17, 15) is 14.3 Å². The Kier molecular flexibility index (Phi) is 6.83. The molecule has 2 heterocycles. The Bertz CT molecular complexity index is 1020. The minimum atomic E-state index is -0.644. The number of alkyl halides is 1. The molecule has 184 valence electrons. The first-order valence-corrected chi connectivity index (χ1v) is 13.3. The van der Waals surface area contributed by atoms with Crippen molar-refractivity contribution in [3.8, 4) is 5.75 Å². The number of hydrogen-bond acceptors (Lipinski definition) is 3. The number of nitrogens with zero attached hydrogens (tertiary/aromatic N) is 1. The summed E-state index contributed by atoms with van der Waals surface area (Å²) >= 11 is 0. The zero-order valence-electron chi connectivity index (χ0n) is 20.5. The number of carbonyl (C=O) groups is 1. The van der Waals surface area contributed by atoms with Crippen molar-refractivity contribution >= 4 is 16.7 Å². The summed E-state index contributed by atoms with van der Waals surface area (Å²) in [5.41, 5.74) is 1.92. The first-order chi connectivity index (χ1) is 16.5. The van der Waals surface area contributed by atoms with Crippen LogP contribution in [0.2, 0.25) is 0 Å². The minimum absolute atomic E-state index is 0.187. The van der Waals surface area contributed by atoms with Gasteiger partial charge in [-0.3, -0.25) is 9.69 Å². The molecule has 3 aliphatic rings. The maximum Gasteiger partial charge on any atom is 0.306 e. The normalized spacial score (nSPS) is 30.4. The Hall–Kier alpha value is -2.14. The molecular weight excluding hydrogens is 429 g/mol. The fraction of sp³-hybridized carbons (Fsp3) is 0.621. The molecule has 0 spiro atoms. The highest BCUT2D eigenvalue weighted by Crippen LogP contribution is 2.45. The number of hydrogen-bond donors (Lipinski definition) is 1. The number of rotatable bonds is 7. The molecular formula is C29H38FNO3. The molecule has 2 unspecified atom stereocenters. The number of carboxylic acid groups (broad SMARTS) is 1. The van der Waals surface area contributed by atoms with Crippen LogP contribution >= 0.6 is 0 Å². The van der Waals surface area contributed by atoms with Gasteiger partial charge in [0, 0.05) is 23.7 Å². The molecule has 2 saturated heterocycles. The van der Waals surface area contributed by atoms with Gasteiger partial charge in [0.2, 0.25) is 0 Å². The highest BCUT2D eigenvalue weighted by atomic mass is 19.1. The van der Waals surface area contributed by atoms with E-state index < -0.39 is 12.6 Å². The fourth-order valence-electron chi connectivity index (χ4n) is 6.92. The molecule has 5 heteroatoms. The third kappa shape index (κ3) is 4.44. The number of fused-ring (bicyclic) bond motifs is 3. The van der Waals surface area contributed by atoms with Gasteiger partial charge in [-0.25, -0.2) is 4.39 Å². The lowest BCUT2D eigenvalue weighted by atomic mass is 9.87. The van der Waals surface area contributed by atoms with E-state index in [0.29, 0.717) is 23.4 Å². The average molecular weight is 468 g/mol. The van der Waals surface area contributed by atoms with Crippen LogP contribution in [0.15, 0.2) is 30.3 Å². The molecule has 2 bridgehead atoms. The number of halogens is 1. The maximum absolute atomic E-state index is 14.2. The summed E-state index contributed by atoms with van der Waals surface area (Å²) in [6.45, 7) is 3.98. The number of benzene rings is 2. The van der Waals surface area contributed by atoms with Crippen molar-refractivity contribution in [3.63, 3.8) is 0 Å². The zero-order chi connectivity index (χ0) is 23.8. The van der Waals surface area contributed by atoms with Gasteiger partial charge in [0.05, 0.1) is 12.0 Å². The monoisotopic (exact) mass is 467 g/mol. The molecule has 2 aromatic carbocycles. The van der Waals surface area contributed by atoms with Crippen LogP contribution in [0.5, 0.6) is 5.75 Å². The summed E-state index contributed by atoms with van der Waals surface area (Å²) in [6.07, 6.45) is 9.29. The van der Waals surface area contributed by atoms with Gasteiger partial charge in [0.15, 0.2) is 0 Å². The second kappa shape index (κ2) is 9.85. The Morgan fingerprint density at radius 2 is 1.79 bits per heavy atom. The first-order valence-electron chi connectivity index (χ1n) is 13.3. The lowest BCUT2D eigenvalue weighted by molar-refractivity contribution is -0.144. The number of aliphatic carboxylic acids is 1. The molecule has 0 radical (unpaired) electrons. The fourth-order valence-corrected chi connectivity index (χ4v) is 6.92. The van der Waals surface area contributed by atoms with Crippen molar-refractivity contribution < 1.29 is 19.0 Å².